The highest BCUT2D eigenvalue weighted by Crippen LogP contribution is 2.27. The number of hydrogen-bond donors (Lipinski definition) is 2. The quantitative estimate of drug-likeness (QED) is 0.796. The number of phenolic OH excluding ortho intramolecular Hbond substituents is 1. The monoisotopic (exact) mass is 359 g/mol. The lowest BCUT2D eigenvalue weighted by Crippen LogP contribution is -1.98. The largest absolute Gasteiger partial charge is 0.508 e. The smallest absolute Gasteiger partial charge is 0.183 e. The summed E-state index contributed by atoms with van der Waals surface area (Å²) in [5, 5.41) is 12.6. The SMILES string of the molecule is Cc1cc(NCc2cc(Br)c(Br)o2)ccc1O. The van der Waals surface area contributed by atoms with E-state index in [2.05, 4.69) is 37.2 Å². The standard InChI is InChI=1S/C12H11Br2NO2/c1-7-4-8(2-3-11(7)16)15-6-9-5-10(13)12(14)17-9/h2-5,15-16H,6H2,1H3. The lowest BCUT2D eigenvalue weighted by molar-refractivity contribution is 0.471. The van der Waals surface area contributed by atoms with Gasteiger partial charge in [0.05, 0.1) is 11.0 Å². The first kappa shape index (κ1) is 12.5. The summed E-state index contributed by atoms with van der Waals surface area (Å²) in [4.78, 5) is 0. The van der Waals surface area contributed by atoms with E-state index in [0.29, 0.717) is 17.0 Å². The third-order valence-electron chi connectivity index (χ3n) is 2.36. The molecule has 0 saturated heterocycles. The number of halogens is 2. The highest BCUT2D eigenvalue weighted by atomic mass is 79.9. The van der Waals surface area contributed by atoms with Crippen LogP contribution in [0.5, 0.6) is 5.75 Å². The molecule has 0 aliphatic rings. The summed E-state index contributed by atoms with van der Waals surface area (Å²) in [5.74, 6) is 1.13. The van der Waals surface area contributed by atoms with Gasteiger partial charge in [-0.15, -0.1) is 0 Å². The number of phenols is 1. The van der Waals surface area contributed by atoms with Crippen LogP contribution in [0.2, 0.25) is 0 Å². The minimum absolute atomic E-state index is 0.305. The number of benzene rings is 1. The van der Waals surface area contributed by atoms with Crippen molar-refractivity contribution in [2.75, 3.05) is 5.32 Å². The predicted octanol–water partition coefficient (Wildman–Crippen LogP) is 4.43. The van der Waals surface area contributed by atoms with Crippen LogP contribution in [0, 0.1) is 6.92 Å². The maximum Gasteiger partial charge on any atom is 0.183 e. The van der Waals surface area contributed by atoms with Gasteiger partial charge < -0.3 is 14.8 Å². The van der Waals surface area contributed by atoms with E-state index in [9.17, 15) is 5.11 Å². The number of aryl methyl sites for hydroxylation is 1. The molecule has 1 aromatic heterocycles. The maximum atomic E-state index is 9.41. The second kappa shape index (κ2) is 5.14. The van der Waals surface area contributed by atoms with Crippen LogP contribution in [0.3, 0.4) is 0 Å². The lowest BCUT2D eigenvalue weighted by Gasteiger charge is -2.06. The number of aromatic hydroxyl groups is 1. The molecule has 90 valence electrons. The highest BCUT2D eigenvalue weighted by Gasteiger charge is 2.06. The molecule has 0 unspecified atom stereocenters. The Balaban J connectivity index is 2.04. The maximum absolute atomic E-state index is 9.41. The molecule has 0 spiro atoms. The normalized spacial score (nSPS) is 10.5. The average molecular weight is 361 g/mol. The van der Waals surface area contributed by atoms with Crippen LogP contribution in [-0.4, -0.2) is 5.11 Å². The van der Waals surface area contributed by atoms with E-state index < -0.39 is 0 Å². The summed E-state index contributed by atoms with van der Waals surface area (Å²) in [6, 6.07) is 7.30. The molecule has 0 saturated carbocycles. The van der Waals surface area contributed by atoms with E-state index in [-0.39, 0.29) is 0 Å². The molecule has 2 N–H and O–H groups in total. The zero-order chi connectivity index (χ0) is 12.4. The number of furan rings is 1. The summed E-state index contributed by atoms with van der Waals surface area (Å²) in [5.41, 5.74) is 1.79. The first-order valence-corrected chi connectivity index (χ1v) is 6.62. The minimum atomic E-state index is 0.305. The van der Waals surface area contributed by atoms with Gasteiger partial charge in [0.1, 0.15) is 11.5 Å². The molecule has 0 aliphatic heterocycles. The molecular weight excluding hydrogens is 350 g/mol. The molecule has 0 fully saturated rings. The van der Waals surface area contributed by atoms with Gasteiger partial charge in [-0.2, -0.15) is 0 Å². The van der Waals surface area contributed by atoms with Crippen LogP contribution in [-0.2, 0) is 6.54 Å². The molecule has 5 heteroatoms. The van der Waals surface area contributed by atoms with Crippen LogP contribution in [0.4, 0.5) is 5.69 Å². The van der Waals surface area contributed by atoms with Crippen LogP contribution in [0.1, 0.15) is 11.3 Å². The summed E-state index contributed by atoms with van der Waals surface area (Å²) < 4.78 is 7.04. The fourth-order valence-corrected chi connectivity index (χ4v) is 2.09. The number of hydrogen-bond acceptors (Lipinski definition) is 3. The molecule has 2 rings (SSSR count). The Kier molecular flexibility index (Phi) is 3.79. The average Bonchev–Trinajstić information content (AvgIpc) is 2.60. The van der Waals surface area contributed by atoms with Crippen molar-refractivity contribution in [3.05, 3.63) is 44.7 Å². The van der Waals surface area contributed by atoms with E-state index in [1.165, 1.54) is 0 Å². The molecule has 0 radical (unpaired) electrons. The van der Waals surface area contributed by atoms with Gasteiger partial charge >= 0.3 is 0 Å². The Labute approximate surface area is 116 Å². The Morgan fingerprint density at radius 3 is 2.65 bits per heavy atom. The highest BCUT2D eigenvalue weighted by molar-refractivity contribution is 9.13. The fraction of sp³-hybridized carbons (Fsp3) is 0.167. The van der Waals surface area contributed by atoms with Crippen LogP contribution in [0.25, 0.3) is 0 Å². The molecular formula is C12H11Br2NO2. The molecule has 0 atom stereocenters. The van der Waals surface area contributed by atoms with Crippen LogP contribution < -0.4 is 5.32 Å². The van der Waals surface area contributed by atoms with E-state index in [4.69, 9.17) is 4.42 Å². The second-order valence-electron chi connectivity index (χ2n) is 3.69. The van der Waals surface area contributed by atoms with Crippen molar-refractivity contribution in [1.29, 1.82) is 0 Å². The summed E-state index contributed by atoms with van der Waals surface area (Å²) in [6.07, 6.45) is 0. The van der Waals surface area contributed by atoms with Gasteiger partial charge in [-0.25, -0.2) is 0 Å². The number of anilines is 1. The van der Waals surface area contributed by atoms with Crippen LogP contribution in [0.15, 0.2) is 37.8 Å². The number of rotatable bonds is 3. The van der Waals surface area contributed by atoms with Crippen LogP contribution >= 0.6 is 31.9 Å². The van der Waals surface area contributed by atoms with Crippen molar-refractivity contribution in [3.63, 3.8) is 0 Å². The minimum Gasteiger partial charge on any atom is -0.508 e. The zero-order valence-electron chi connectivity index (χ0n) is 9.13. The van der Waals surface area contributed by atoms with Gasteiger partial charge in [0.15, 0.2) is 4.67 Å². The van der Waals surface area contributed by atoms with Crippen molar-refractivity contribution in [1.82, 2.24) is 0 Å². The van der Waals surface area contributed by atoms with Gasteiger partial charge in [0.25, 0.3) is 0 Å². The molecule has 3 nitrogen and oxygen atoms in total. The van der Waals surface area contributed by atoms with Crippen molar-refractivity contribution < 1.29 is 9.52 Å². The Morgan fingerprint density at radius 2 is 2.06 bits per heavy atom. The third kappa shape index (κ3) is 3.04. The van der Waals surface area contributed by atoms with Crippen molar-refractivity contribution >= 4 is 37.5 Å². The molecule has 1 aromatic carbocycles. The van der Waals surface area contributed by atoms with Gasteiger partial charge in [-0.05, 0) is 68.6 Å². The Morgan fingerprint density at radius 1 is 1.29 bits per heavy atom. The first-order chi connectivity index (χ1) is 8.06. The predicted molar refractivity (Wildman–Crippen MR) is 74.3 cm³/mol. The Hall–Kier alpha value is -0.940. The first-order valence-electron chi connectivity index (χ1n) is 5.03. The van der Waals surface area contributed by atoms with Crippen molar-refractivity contribution in [3.8, 4) is 5.75 Å². The van der Waals surface area contributed by atoms with Gasteiger partial charge in [0.2, 0.25) is 0 Å². The van der Waals surface area contributed by atoms with Gasteiger partial charge in [-0.3, -0.25) is 0 Å². The van der Waals surface area contributed by atoms with E-state index in [1.54, 1.807) is 6.07 Å². The topological polar surface area (TPSA) is 45.4 Å². The zero-order valence-corrected chi connectivity index (χ0v) is 12.3. The fourth-order valence-electron chi connectivity index (χ4n) is 1.43. The van der Waals surface area contributed by atoms with E-state index in [1.807, 2.05) is 25.1 Å². The summed E-state index contributed by atoms with van der Waals surface area (Å²) in [6.45, 7) is 2.45. The lowest BCUT2D eigenvalue weighted by atomic mass is 10.2. The van der Waals surface area contributed by atoms with E-state index in [0.717, 1.165) is 21.5 Å². The Bertz CT molecular complexity index is 518. The molecule has 0 bridgehead atoms. The van der Waals surface area contributed by atoms with Crippen molar-refractivity contribution in [2.45, 2.75) is 13.5 Å². The molecule has 1 heterocycles. The molecule has 0 amide bonds. The van der Waals surface area contributed by atoms with E-state index >= 15 is 0 Å². The second-order valence-corrected chi connectivity index (χ2v) is 5.26. The summed E-state index contributed by atoms with van der Waals surface area (Å²) >= 11 is 6.65. The molecule has 2 aromatic rings. The third-order valence-corrected chi connectivity index (χ3v) is 4.07. The molecule has 0 aliphatic carbocycles. The molecule has 17 heavy (non-hydrogen) atoms. The summed E-state index contributed by atoms with van der Waals surface area (Å²) in [7, 11) is 0. The number of nitrogens with one attached hydrogen (secondary N) is 1. The van der Waals surface area contributed by atoms with Gasteiger partial charge in [-0.1, -0.05) is 0 Å². The van der Waals surface area contributed by atoms with Crippen molar-refractivity contribution in [2.24, 2.45) is 0 Å². The van der Waals surface area contributed by atoms with Gasteiger partial charge in [0, 0.05) is 5.69 Å².